The SMILES string of the molecule is CCCCCCCCCCCCCCCCCCN.CCCCCCCCCCNCCC. The van der Waals surface area contributed by atoms with Crippen LogP contribution in [0.5, 0.6) is 0 Å². The molecule has 202 valence electrons. The second-order valence-electron chi connectivity index (χ2n) is 10.3. The van der Waals surface area contributed by atoms with Crippen LogP contribution in [0, 0.1) is 0 Å². The fourth-order valence-electron chi connectivity index (χ4n) is 4.38. The van der Waals surface area contributed by atoms with Gasteiger partial charge in [-0.05, 0) is 38.9 Å². The van der Waals surface area contributed by atoms with Gasteiger partial charge in [-0.3, -0.25) is 0 Å². The molecule has 0 aromatic rings. The van der Waals surface area contributed by atoms with Crippen LogP contribution >= 0.6 is 0 Å². The topological polar surface area (TPSA) is 38.0 Å². The van der Waals surface area contributed by atoms with E-state index in [1.165, 1.54) is 174 Å². The zero-order valence-corrected chi connectivity index (χ0v) is 23.9. The van der Waals surface area contributed by atoms with Crippen molar-refractivity contribution in [2.75, 3.05) is 19.6 Å². The van der Waals surface area contributed by atoms with Crippen LogP contribution in [0.2, 0.25) is 0 Å². The van der Waals surface area contributed by atoms with Crippen molar-refractivity contribution < 1.29 is 0 Å². The Hall–Kier alpha value is -0.0800. The first-order valence-corrected chi connectivity index (χ1v) is 15.7. The number of hydrogen-bond acceptors (Lipinski definition) is 2. The van der Waals surface area contributed by atoms with E-state index in [1.54, 1.807) is 0 Å². The van der Waals surface area contributed by atoms with E-state index in [1.807, 2.05) is 0 Å². The molecule has 0 spiro atoms. The highest BCUT2D eigenvalue weighted by molar-refractivity contribution is 4.51. The lowest BCUT2D eigenvalue weighted by Gasteiger charge is -2.03. The first kappa shape index (κ1) is 35.1. The van der Waals surface area contributed by atoms with Gasteiger partial charge in [0.2, 0.25) is 0 Å². The number of unbranched alkanes of at least 4 members (excludes halogenated alkanes) is 22. The van der Waals surface area contributed by atoms with Crippen molar-refractivity contribution in [3.8, 4) is 0 Å². The third kappa shape index (κ3) is 39.4. The monoisotopic (exact) mass is 469 g/mol. The summed E-state index contributed by atoms with van der Waals surface area (Å²) in [7, 11) is 0. The van der Waals surface area contributed by atoms with Gasteiger partial charge in [-0.1, -0.05) is 162 Å². The summed E-state index contributed by atoms with van der Waals surface area (Å²) in [5.74, 6) is 0. The molecule has 2 heteroatoms. The highest BCUT2D eigenvalue weighted by Crippen LogP contribution is 2.13. The molecule has 0 aliphatic rings. The van der Waals surface area contributed by atoms with Gasteiger partial charge in [-0.25, -0.2) is 0 Å². The van der Waals surface area contributed by atoms with Gasteiger partial charge < -0.3 is 11.1 Å². The van der Waals surface area contributed by atoms with Crippen LogP contribution in [0.25, 0.3) is 0 Å². The molecule has 0 saturated carbocycles. The van der Waals surface area contributed by atoms with Gasteiger partial charge in [0.25, 0.3) is 0 Å². The van der Waals surface area contributed by atoms with Crippen LogP contribution in [0.15, 0.2) is 0 Å². The van der Waals surface area contributed by atoms with Crippen LogP contribution < -0.4 is 11.1 Å². The van der Waals surface area contributed by atoms with Crippen molar-refractivity contribution in [3.63, 3.8) is 0 Å². The molecule has 0 aliphatic carbocycles. The molecule has 0 aromatic carbocycles. The first-order valence-electron chi connectivity index (χ1n) is 15.7. The van der Waals surface area contributed by atoms with Crippen LogP contribution in [0.3, 0.4) is 0 Å². The molecule has 0 atom stereocenters. The van der Waals surface area contributed by atoms with Crippen molar-refractivity contribution in [2.24, 2.45) is 5.73 Å². The molecule has 0 fully saturated rings. The second kappa shape index (κ2) is 36.5. The molecule has 33 heavy (non-hydrogen) atoms. The van der Waals surface area contributed by atoms with E-state index in [9.17, 15) is 0 Å². The highest BCUT2D eigenvalue weighted by Gasteiger charge is 1.94. The van der Waals surface area contributed by atoms with E-state index in [0.717, 1.165) is 6.54 Å². The van der Waals surface area contributed by atoms with Gasteiger partial charge in [-0.15, -0.1) is 0 Å². The van der Waals surface area contributed by atoms with E-state index in [-0.39, 0.29) is 0 Å². The van der Waals surface area contributed by atoms with Crippen molar-refractivity contribution >= 4 is 0 Å². The smallest absolute Gasteiger partial charge is 0.00489 e. The summed E-state index contributed by atoms with van der Waals surface area (Å²) in [6.07, 6.45) is 35.5. The largest absolute Gasteiger partial charge is 0.330 e. The van der Waals surface area contributed by atoms with Gasteiger partial charge in [0, 0.05) is 0 Å². The predicted molar refractivity (Wildman–Crippen MR) is 154 cm³/mol. The summed E-state index contributed by atoms with van der Waals surface area (Å²) in [5, 5.41) is 3.45. The molecule has 0 rings (SSSR count). The van der Waals surface area contributed by atoms with Gasteiger partial charge in [-0.2, -0.15) is 0 Å². The molecule has 0 saturated heterocycles. The van der Waals surface area contributed by atoms with E-state index in [4.69, 9.17) is 5.73 Å². The van der Waals surface area contributed by atoms with Gasteiger partial charge in [0.1, 0.15) is 0 Å². The predicted octanol–water partition coefficient (Wildman–Crippen LogP) is 10.3. The lowest BCUT2D eigenvalue weighted by molar-refractivity contribution is 0.530. The molecular weight excluding hydrogens is 400 g/mol. The van der Waals surface area contributed by atoms with Crippen LogP contribution in [0.4, 0.5) is 0 Å². The summed E-state index contributed by atoms with van der Waals surface area (Å²) in [6.45, 7) is 10.1. The summed E-state index contributed by atoms with van der Waals surface area (Å²) < 4.78 is 0. The quantitative estimate of drug-likeness (QED) is 0.118. The third-order valence-corrected chi connectivity index (χ3v) is 6.69. The molecule has 0 unspecified atom stereocenters. The summed E-state index contributed by atoms with van der Waals surface area (Å²) in [6, 6.07) is 0. The van der Waals surface area contributed by atoms with E-state index >= 15 is 0 Å². The number of rotatable bonds is 27. The van der Waals surface area contributed by atoms with E-state index < -0.39 is 0 Å². The van der Waals surface area contributed by atoms with Gasteiger partial charge in [0.15, 0.2) is 0 Å². The molecule has 0 heterocycles. The van der Waals surface area contributed by atoms with Crippen molar-refractivity contribution in [3.05, 3.63) is 0 Å². The minimum Gasteiger partial charge on any atom is -0.330 e. The average molecular weight is 469 g/mol. The zero-order valence-electron chi connectivity index (χ0n) is 23.9. The van der Waals surface area contributed by atoms with Crippen LogP contribution in [0.1, 0.15) is 181 Å². The molecule has 2 nitrogen and oxygen atoms in total. The van der Waals surface area contributed by atoms with Crippen molar-refractivity contribution in [1.29, 1.82) is 0 Å². The van der Waals surface area contributed by atoms with Gasteiger partial charge in [0.05, 0.1) is 0 Å². The summed E-state index contributed by atoms with van der Waals surface area (Å²) >= 11 is 0. The Labute approximate surface area is 212 Å². The van der Waals surface area contributed by atoms with Crippen molar-refractivity contribution in [2.45, 2.75) is 181 Å². The summed E-state index contributed by atoms with van der Waals surface area (Å²) in [5.41, 5.74) is 5.48. The Morgan fingerprint density at radius 2 is 0.636 bits per heavy atom. The maximum absolute atomic E-state index is 5.48. The minimum absolute atomic E-state index is 0.873. The Kier molecular flexibility index (Phi) is 38.8. The van der Waals surface area contributed by atoms with Crippen molar-refractivity contribution in [1.82, 2.24) is 5.32 Å². The molecule has 0 radical (unpaired) electrons. The Morgan fingerprint density at radius 1 is 0.333 bits per heavy atom. The molecule has 0 amide bonds. The minimum atomic E-state index is 0.873. The zero-order chi connectivity index (χ0) is 24.5. The fourth-order valence-corrected chi connectivity index (χ4v) is 4.38. The maximum Gasteiger partial charge on any atom is -0.00489 e. The molecular formula is C31H68N2. The van der Waals surface area contributed by atoms with Gasteiger partial charge >= 0.3 is 0 Å². The Bertz CT molecular complexity index is 265. The molecule has 0 aromatic heterocycles. The highest BCUT2D eigenvalue weighted by atomic mass is 14.8. The van der Waals surface area contributed by atoms with Crippen LogP contribution in [-0.4, -0.2) is 19.6 Å². The Balaban J connectivity index is 0. The normalized spacial score (nSPS) is 10.9. The summed E-state index contributed by atoms with van der Waals surface area (Å²) in [4.78, 5) is 0. The average Bonchev–Trinajstić information content (AvgIpc) is 2.83. The lowest BCUT2D eigenvalue weighted by Crippen LogP contribution is -2.15. The maximum atomic E-state index is 5.48. The first-order chi connectivity index (χ1) is 16.3. The molecule has 3 N–H and O–H groups in total. The second-order valence-corrected chi connectivity index (χ2v) is 10.3. The number of nitrogens with one attached hydrogen (secondary N) is 1. The van der Waals surface area contributed by atoms with E-state index in [0.29, 0.717) is 0 Å². The fraction of sp³-hybridized carbons (Fsp3) is 1.00. The van der Waals surface area contributed by atoms with E-state index in [2.05, 4.69) is 26.1 Å². The molecule has 0 aliphatic heterocycles. The number of hydrogen-bond donors (Lipinski definition) is 2. The third-order valence-electron chi connectivity index (χ3n) is 6.69. The molecule has 0 bridgehead atoms. The van der Waals surface area contributed by atoms with Crippen LogP contribution in [-0.2, 0) is 0 Å². The standard InChI is InChI=1S/C18H39N.C13H29N/c1-2-3-4-5-6-7-8-9-10-11-12-13-14-15-16-17-18-19;1-3-5-6-7-8-9-10-11-13-14-12-4-2/h2-19H2,1H3;14H,3-13H2,1-2H3. The lowest BCUT2D eigenvalue weighted by atomic mass is 10.0. The number of nitrogens with two attached hydrogens (primary N) is 1. The Morgan fingerprint density at radius 3 is 0.939 bits per heavy atom.